The molecule has 0 spiro atoms. The van der Waals surface area contributed by atoms with E-state index in [1.165, 1.54) is 0 Å². The predicted molar refractivity (Wildman–Crippen MR) is 64.9 cm³/mol. The maximum absolute atomic E-state index is 10.5. The Balaban J connectivity index is 2.59. The van der Waals surface area contributed by atoms with E-state index in [0.29, 0.717) is 6.42 Å². The van der Waals surface area contributed by atoms with Gasteiger partial charge < -0.3 is 0 Å². The molecule has 0 aliphatic heterocycles. The van der Waals surface area contributed by atoms with Crippen LogP contribution in [-0.4, -0.2) is 11.5 Å². The number of hydrogen-bond donors (Lipinski definition) is 0. The van der Waals surface area contributed by atoms with Crippen molar-refractivity contribution in [2.45, 2.75) is 12.8 Å². The Bertz CT molecular complexity index is 434. The van der Waals surface area contributed by atoms with Crippen molar-refractivity contribution in [3.05, 3.63) is 58.2 Å². The van der Waals surface area contributed by atoms with Crippen molar-refractivity contribution < 1.29 is 4.92 Å². The molecule has 4 nitrogen and oxygen atoms in total. The van der Waals surface area contributed by atoms with Crippen LogP contribution in [0.1, 0.15) is 12.0 Å². The Labute approximate surface area is 100 Å². The summed E-state index contributed by atoms with van der Waals surface area (Å²) < 4.78 is 0. The van der Waals surface area contributed by atoms with Crippen molar-refractivity contribution in [1.29, 1.82) is 5.26 Å². The summed E-state index contributed by atoms with van der Waals surface area (Å²) in [5, 5.41) is 19.2. The first-order valence-electron chi connectivity index (χ1n) is 5.38. The standard InChI is InChI=1S/C13H14N2O2/c1-11(9-14)13(10-15(16)17)8-7-12-5-3-2-4-6-12/h2-6,13H,1,7-8,10H2. The van der Waals surface area contributed by atoms with Crippen LogP contribution in [0.2, 0.25) is 0 Å². The summed E-state index contributed by atoms with van der Waals surface area (Å²) in [4.78, 5) is 10.1. The Hall–Kier alpha value is -2.15. The molecule has 88 valence electrons. The van der Waals surface area contributed by atoms with Crippen molar-refractivity contribution in [3.63, 3.8) is 0 Å². The van der Waals surface area contributed by atoms with Gasteiger partial charge in [0.1, 0.15) is 0 Å². The van der Waals surface area contributed by atoms with Crippen LogP contribution in [-0.2, 0) is 6.42 Å². The van der Waals surface area contributed by atoms with E-state index in [4.69, 9.17) is 5.26 Å². The van der Waals surface area contributed by atoms with E-state index in [0.717, 1.165) is 12.0 Å². The maximum Gasteiger partial charge on any atom is 0.211 e. The van der Waals surface area contributed by atoms with E-state index < -0.39 is 4.92 Å². The van der Waals surface area contributed by atoms with Gasteiger partial charge in [0.05, 0.1) is 12.0 Å². The highest BCUT2D eigenvalue weighted by molar-refractivity contribution is 5.21. The minimum Gasteiger partial charge on any atom is -0.265 e. The fraction of sp³-hybridized carbons (Fsp3) is 0.308. The average molecular weight is 230 g/mol. The molecule has 0 N–H and O–H groups in total. The Morgan fingerprint density at radius 2 is 2.12 bits per heavy atom. The molecule has 0 heterocycles. The van der Waals surface area contributed by atoms with Crippen LogP contribution in [0.3, 0.4) is 0 Å². The minimum absolute atomic E-state index is 0.223. The number of nitrogens with zero attached hydrogens (tertiary/aromatic N) is 2. The summed E-state index contributed by atoms with van der Waals surface area (Å²) in [6.45, 7) is 3.35. The number of rotatable bonds is 6. The van der Waals surface area contributed by atoms with Crippen molar-refractivity contribution in [2.24, 2.45) is 5.92 Å². The molecule has 0 aromatic heterocycles. The molecule has 0 amide bonds. The fourth-order valence-corrected chi connectivity index (χ4v) is 1.63. The fourth-order valence-electron chi connectivity index (χ4n) is 1.63. The van der Waals surface area contributed by atoms with E-state index in [2.05, 4.69) is 6.58 Å². The molecular weight excluding hydrogens is 216 g/mol. The van der Waals surface area contributed by atoms with Gasteiger partial charge in [0, 0.05) is 10.5 Å². The highest BCUT2D eigenvalue weighted by atomic mass is 16.6. The molecule has 1 aromatic carbocycles. The van der Waals surface area contributed by atoms with Gasteiger partial charge in [0.15, 0.2) is 0 Å². The van der Waals surface area contributed by atoms with Crippen LogP contribution >= 0.6 is 0 Å². The van der Waals surface area contributed by atoms with E-state index >= 15 is 0 Å². The van der Waals surface area contributed by atoms with Crippen LogP contribution < -0.4 is 0 Å². The van der Waals surface area contributed by atoms with E-state index in [9.17, 15) is 10.1 Å². The molecule has 0 fully saturated rings. The largest absolute Gasteiger partial charge is 0.265 e. The molecule has 0 saturated heterocycles. The van der Waals surface area contributed by atoms with Gasteiger partial charge in [-0.2, -0.15) is 5.26 Å². The van der Waals surface area contributed by atoms with Crippen LogP contribution in [0.4, 0.5) is 0 Å². The highest BCUT2D eigenvalue weighted by Gasteiger charge is 2.18. The summed E-state index contributed by atoms with van der Waals surface area (Å²) in [6, 6.07) is 11.6. The quantitative estimate of drug-likeness (QED) is 0.428. The first kappa shape index (κ1) is 12.9. The van der Waals surface area contributed by atoms with Crippen molar-refractivity contribution in [3.8, 4) is 6.07 Å². The van der Waals surface area contributed by atoms with Gasteiger partial charge in [-0.3, -0.25) is 10.1 Å². The minimum atomic E-state index is -0.391. The summed E-state index contributed by atoms with van der Waals surface area (Å²) in [6.07, 6.45) is 1.30. The third-order valence-electron chi connectivity index (χ3n) is 2.63. The van der Waals surface area contributed by atoms with Gasteiger partial charge >= 0.3 is 0 Å². The molecule has 1 rings (SSSR count). The molecule has 0 saturated carbocycles. The number of nitriles is 1. The van der Waals surface area contributed by atoms with Gasteiger partial charge in [-0.05, 0) is 18.4 Å². The lowest BCUT2D eigenvalue weighted by Crippen LogP contribution is -2.16. The molecule has 1 atom stereocenters. The second-order valence-electron chi connectivity index (χ2n) is 3.87. The zero-order chi connectivity index (χ0) is 12.7. The van der Waals surface area contributed by atoms with Gasteiger partial charge in [-0.15, -0.1) is 0 Å². The second-order valence-corrected chi connectivity index (χ2v) is 3.87. The smallest absolute Gasteiger partial charge is 0.211 e. The first-order valence-corrected chi connectivity index (χ1v) is 5.38. The molecule has 0 aliphatic carbocycles. The molecule has 0 bridgehead atoms. The number of benzene rings is 1. The molecule has 17 heavy (non-hydrogen) atoms. The number of hydrogen-bond acceptors (Lipinski definition) is 3. The third-order valence-corrected chi connectivity index (χ3v) is 2.63. The lowest BCUT2D eigenvalue weighted by Gasteiger charge is -2.10. The van der Waals surface area contributed by atoms with E-state index in [1.807, 2.05) is 36.4 Å². The SMILES string of the molecule is C=C(C#N)C(CCc1ccccc1)C[N+](=O)[O-]. The normalized spacial score (nSPS) is 11.5. The van der Waals surface area contributed by atoms with E-state index in [1.54, 1.807) is 0 Å². The van der Waals surface area contributed by atoms with Crippen LogP contribution in [0, 0.1) is 27.4 Å². The Kier molecular flexibility index (Phi) is 4.89. The summed E-state index contributed by atoms with van der Waals surface area (Å²) in [5.74, 6) is -0.366. The second kappa shape index (κ2) is 6.44. The summed E-state index contributed by atoms with van der Waals surface area (Å²) in [5.41, 5.74) is 1.41. The first-order chi connectivity index (χ1) is 8.13. The Morgan fingerprint density at radius 1 is 1.47 bits per heavy atom. The monoisotopic (exact) mass is 230 g/mol. The maximum atomic E-state index is 10.5. The zero-order valence-corrected chi connectivity index (χ0v) is 9.50. The van der Waals surface area contributed by atoms with E-state index in [-0.39, 0.29) is 18.0 Å². The molecular formula is C13H14N2O2. The van der Waals surface area contributed by atoms with Crippen molar-refractivity contribution in [1.82, 2.24) is 0 Å². The molecule has 0 radical (unpaired) electrons. The van der Waals surface area contributed by atoms with Crippen molar-refractivity contribution >= 4 is 0 Å². The van der Waals surface area contributed by atoms with Gasteiger partial charge in [-0.1, -0.05) is 36.9 Å². The topological polar surface area (TPSA) is 66.9 Å². The number of nitro groups is 1. The van der Waals surface area contributed by atoms with Gasteiger partial charge in [-0.25, -0.2) is 0 Å². The summed E-state index contributed by atoms with van der Waals surface area (Å²) >= 11 is 0. The third kappa shape index (κ3) is 4.47. The molecule has 1 aromatic rings. The molecule has 4 heteroatoms. The van der Waals surface area contributed by atoms with Crippen molar-refractivity contribution in [2.75, 3.05) is 6.54 Å². The van der Waals surface area contributed by atoms with Crippen LogP contribution in [0.15, 0.2) is 42.5 Å². The van der Waals surface area contributed by atoms with Gasteiger partial charge in [0.2, 0.25) is 6.54 Å². The lowest BCUT2D eigenvalue weighted by atomic mass is 9.94. The summed E-state index contributed by atoms with van der Waals surface area (Å²) in [7, 11) is 0. The lowest BCUT2D eigenvalue weighted by molar-refractivity contribution is -0.486. The number of aryl methyl sites for hydroxylation is 1. The van der Waals surface area contributed by atoms with Gasteiger partial charge in [0.25, 0.3) is 0 Å². The molecule has 1 unspecified atom stereocenters. The predicted octanol–water partition coefficient (Wildman–Crippen LogP) is 2.59. The van der Waals surface area contributed by atoms with Crippen LogP contribution in [0.5, 0.6) is 0 Å². The zero-order valence-electron chi connectivity index (χ0n) is 9.50. The Morgan fingerprint density at radius 3 is 2.65 bits per heavy atom. The average Bonchev–Trinajstić information content (AvgIpc) is 2.34. The van der Waals surface area contributed by atoms with Crippen LogP contribution in [0.25, 0.3) is 0 Å². The molecule has 0 aliphatic rings. The highest BCUT2D eigenvalue weighted by Crippen LogP contribution is 2.16.